The van der Waals surface area contributed by atoms with Crippen LogP contribution in [-0.4, -0.2) is 47.4 Å². The maximum absolute atomic E-state index is 5.49. The zero-order valence-corrected chi connectivity index (χ0v) is 16.5. The van der Waals surface area contributed by atoms with Gasteiger partial charge in [0, 0.05) is 37.8 Å². The molecule has 0 aliphatic carbocycles. The molecule has 0 heterocycles. The summed E-state index contributed by atoms with van der Waals surface area (Å²) in [6.45, 7) is 1.52. The molecule has 0 aliphatic heterocycles. The molecule has 0 amide bonds. The van der Waals surface area contributed by atoms with Crippen molar-refractivity contribution in [1.82, 2.24) is 10.6 Å². The van der Waals surface area contributed by atoms with Crippen LogP contribution in [-0.2, 0) is 12.8 Å². The standard InChI is InChI=1S/C21H29N3O3/c1-22-21(23-12-10-16-8-6-5-7-9-16)24-13-11-18-19(26-3)14-17(25-2)15-20(18)27-4/h5-9,14-15H,10-13H2,1-4H3,(H2,22,23,24). The molecule has 0 saturated carbocycles. The summed E-state index contributed by atoms with van der Waals surface area (Å²) < 4.78 is 16.3. The normalized spacial score (nSPS) is 11.0. The first-order valence-electron chi connectivity index (χ1n) is 8.99. The van der Waals surface area contributed by atoms with Gasteiger partial charge in [0.1, 0.15) is 17.2 Å². The molecule has 6 heteroatoms. The number of nitrogens with one attached hydrogen (secondary N) is 2. The van der Waals surface area contributed by atoms with E-state index in [4.69, 9.17) is 14.2 Å². The zero-order valence-electron chi connectivity index (χ0n) is 16.5. The van der Waals surface area contributed by atoms with E-state index in [1.54, 1.807) is 28.4 Å². The van der Waals surface area contributed by atoms with Crippen LogP contribution in [0, 0.1) is 0 Å². The Bertz CT molecular complexity index is 708. The van der Waals surface area contributed by atoms with Crippen molar-refractivity contribution in [2.75, 3.05) is 41.5 Å². The van der Waals surface area contributed by atoms with Gasteiger partial charge >= 0.3 is 0 Å². The van der Waals surface area contributed by atoms with Crippen LogP contribution in [0.15, 0.2) is 47.5 Å². The van der Waals surface area contributed by atoms with Gasteiger partial charge in [0.05, 0.1) is 21.3 Å². The van der Waals surface area contributed by atoms with Crippen LogP contribution in [0.25, 0.3) is 0 Å². The number of benzene rings is 2. The number of hydrogen-bond donors (Lipinski definition) is 2. The van der Waals surface area contributed by atoms with Crippen LogP contribution in [0.4, 0.5) is 0 Å². The highest BCUT2D eigenvalue weighted by atomic mass is 16.5. The molecule has 2 aromatic carbocycles. The van der Waals surface area contributed by atoms with Gasteiger partial charge in [0.25, 0.3) is 0 Å². The predicted molar refractivity (Wildman–Crippen MR) is 109 cm³/mol. The van der Waals surface area contributed by atoms with Crippen molar-refractivity contribution in [2.45, 2.75) is 12.8 Å². The number of guanidine groups is 1. The first kappa shape index (κ1) is 20.4. The van der Waals surface area contributed by atoms with Crippen molar-refractivity contribution >= 4 is 5.96 Å². The van der Waals surface area contributed by atoms with Crippen LogP contribution in [0.5, 0.6) is 17.2 Å². The average molecular weight is 371 g/mol. The second kappa shape index (κ2) is 11.0. The first-order valence-corrected chi connectivity index (χ1v) is 8.99. The summed E-state index contributed by atoms with van der Waals surface area (Å²) in [4.78, 5) is 4.27. The monoisotopic (exact) mass is 371 g/mol. The third-order valence-corrected chi connectivity index (χ3v) is 4.26. The highest BCUT2D eigenvalue weighted by molar-refractivity contribution is 5.79. The molecule has 27 heavy (non-hydrogen) atoms. The lowest BCUT2D eigenvalue weighted by molar-refractivity contribution is 0.368. The molecule has 0 spiro atoms. The molecule has 6 nitrogen and oxygen atoms in total. The molecule has 0 atom stereocenters. The van der Waals surface area contributed by atoms with Gasteiger partial charge in [-0.25, -0.2) is 0 Å². The molecule has 0 aromatic heterocycles. The van der Waals surface area contributed by atoms with Crippen molar-refractivity contribution in [1.29, 1.82) is 0 Å². The highest BCUT2D eigenvalue weighted by Gasteiger charge is 2.13. The van der Waals surface area contributed by atoms with E-state index in [0.29, 0.717) is 12.3 Å². The molecular formula is C21H29N3O3. The molecule has 2 N–H and O–H groups in total. The van der Waals surface area contributed by atoms with Crippen LogP contribution < -0.4 is 24.8 Å². The van der Waals surface area contributed by atoms with Crippen LogP contribution in [0.2, 0.25) is 0 Å². The number of hydrogen-bond acceptors (Lipinski definition) is 4. The average Bonchev–Trinajstić information content (AvgIpc) is 2.73. The lowest BCUT2D eigenvalue weighted by atomic mass is 10.1. The molecule has 0 aliphatic rings. The van der Waals surface area contributed by atoms with Gasteiger partial charge in [-0.1, -0.05) is 30.3 Å². The summed E-state index contributed by atoms with van der Waals surface area (Å²) in [5.41, 5.74) is 2.29. The van der Waals surface area contributed by atoms with E-state index >= 15 is 0 Å². The van der Waals surface area contributed by atoms with Gasteiger partial charge in [-0.2, -0.15) is 0 Å². The largest absolute Gasteiger partial charge is 0.496 e. The first-order chi connectivity index (χ1) is 13.2. The molecule has 0 radical (unpaired) electrons. The number of ether oxygens (including phenoxy) is 3. The molecule has 146 valence electrons. The Morgan fingerprint density at radius 1 is 0.852 bits per heavy atom. The van der Waals surface area contributed by atoms with Gasteiger partial charge in [-0.3, -0.25) is 4.99 Å². The fourth-order valence-electron chi connectivity index (χ4n) is 2.82. The van der Waals surface area contributed by atoms with Crippen molar-refractivity contribution in [3.63, 3.8) is 0 Å². The topological polar surface area (TPSA) is 64.1 Å². The Hall–Kier alpha value is -2.89. The Balaban J connectivity index is 1.88. The second-order valence-electron chi connectivity index (χ2n) is 5.92. The minimum absolute atomic E-state index is 0.698. The molecule has 0 saturated heterocycles. The molecule has 2 rings (SSSR count). The van der Waals surface area contributed by atoms with E-state index in [2.05, 4.69) is 39.9 Å². The number of aliphatic imine (C=N–C) groups is 1. The number of rotatable bonds is 9. The molecule has 0 bridgehead atoms. The van der Waals surface area contributed by atoms with Crippen LogP contribution in [0.3, 0.4) is 0 Å². The van der Waals surface area contributed by atoms with Gasteiger partial charge in [0.15, 0.2) is 5.96 Å². The Morgan fingerprint density at radius 3 is 1.96 bits per heavy atom. The summed E-state index contributed by atoms with van der Waals surface area (Å²) >= 11 is 0. The lowest BCUT2D eigenvalue weighted by Gasteiger charge is -2.16. The minimum atomic E-state index is 0.698. The van der Waals surface area contributed by atoms with E-state index in [1.165, 1.54) is 5.56 Å². The fraction of sp³-hybridized carbons (Fsp3) is 0.381. The number of nitrogens with zero attached hydrogens (tertiary/aromatic N) is 1. The smallest absolute Gasteiger partial charge is 0.190 e. The highest BCUT2D eigenvalue weighted by Crippen LogP contribution is 2.34. The second-order valence-corrected chi connectivity index (χ2v) is 5.92. The predicted octanol–water partition coefficient (Wildman–Crippen LogP) is 2.66. The van der Waals surface area contributed by atoms with E-state index in [0.717, 1.165) is 42.4 Å². The summed E-state index contributed by atoms with van der Waals surface area (Å²) in [5.74, 6) is 2.98. The summed E-state index contributed by atoms with van der Waals surface area (Å²) in [5, 5.41) is 6.67. The SMILES string of the molecule is CN=C(NCCc1ccccc1)NCCc1c(OC)cc(OC)cc1OC. The maximum Gasteiger partial charge on any atom is 0.190 e. The molecule has 0 unspecified atom stereocenters. The Morgan fingerprint density at radius 2 is 1.44 bits per heavy atom. The van der Waals surface area contributed by atoms with E-state index in [1.807, 2.05) is 18.2 Å². The summed E-state index contributed by atoms with van der Waals surface area (Å²) in [6.07, 6.45) is 1.68. The lowest BCUT2D eigenvalue weighted by Crippen LogP contribution is -2.39. The van der Waals surface area contributed by atoms with E-state index in [-0.39, 0.29) is 0 Å². The summed E-state index contributed by atoms with van der Waals surface area (Å²) in [7, 11) is 6.69. The van der Waals surface area contributed by atoms with Gasteiger partial charge in [-0.05, 0) is 18.4 Å². The third kappa shape index (κ3) is 6.09. The minimum Gasteiger partial charge on any atom is -0.496 e. The van der Waals surface area contributed by atoms with Crippen molar-refractivity contribution in [2.24, 2.45) is 4.99 Å². The molecule has 2 aromatic rings. The van der Waals surface area contributed by atoms with Crippen LogP contribution >= 0.6 is 0 Å². The Labute approximate surface area is 161 Å². The van der Waals surface area contributed by atoms with E-state index < -0.39 is 0 Å². The zero-order chi connectivity index (χ0) is 19.5. The fourth-order valence-corrected chi connectivity index (χ4v) is 2.82. The quantitative estimate of drug-likeness (QED) is 0.524. The van der Waals surface area contributed by atoms with E-state index in [9.17, 15) is 0 Å². The van der Waals surface area contributed by atoms with Crippen molar-refractivity contribution in [3.05, 3.63) is 53.6 Å². The molecule has 0 fully saturated rings. The molecular weight excluding hydrogens is 342 g/mol. The van der Waals surface area contributed by atoms with Gasteiger partial charge in [-0.15, -0.1) is 0 Å². The third-order valence-electron chi connectivity index (χ3n) is 4.26. The maximum atomic E-state index is 5.49. The van der Waals surface area contributed by atoms with Gasteiger partial charge in [0.2, 0.25) is 0 Å². The number of methoxy groups -OCH3 is 3. The van der Waals surface area contributed by atoms with Crippen molar-refractivity contribution < 1.29 is 14.2 Å². The van der Waals surface area contributed by atoms with Crippen molar-refractivity contribution in [3.8, 4) is 17.2 Å². The summed E-state index contributed by atoms with van der Waals surface area (Å²) in [6, 6.07) is 14.1. The van der Waals surface area contributed by atoms with Gasteiger partial charge < -0.3 is 24.8 Å². The van der Waals surface area contributed by atoms with Crippen LogP contribution in [0.1, 0.15) is 11.1 Å². The Kier molecular flexibility index (Phi) is 8.29.